The fraction of sp³-hybridized carbons (Fsp3) is 1.00. The van der Waals surface area contributed by atoms with Gasteiger partial charge in [-0.05, 0) is 44.0 Å². The van der Waals surface area contributed by atoms with E-state index in [-0.39, 0.29) is 0 Å². The van der Waals surface area contributed by atoms with Crippen LogP contribution in [0.15, 0.2) is 0 Å². The summed E-state index contributed by atoms with van der Waals surface area (Å²) in [5, 5.41) is 0. The van der Waals surface area contributed by atoms with Gasteiger partial charge >= 0.3 is 0 Å². The zero-order chi connectivity index (χ0) is 11.9. The van der Waals surface area contributed by atoms with E-state index in [1.807, 2.05) is 0 Å². The van der Waals surface area contributed by atoms with Crippen LogP contribution in [-0.4, -0.2) is 30.8 Å². The molecule has 0 unspecified atom stereocenters. The standard InChI is InChI=1S/C14H29NS/c1-3-4-11-15(2)12-14(13-16)9-7-5-6-8-10-14/h16H,3-13H2,1-2H3. The van der Waals surface area contributed by atoms with Crippen molar-refractivity contribution < 1.29 is 0 Å². The molecule has 1 nitrogen and oxygen atoms in total. The molecular weight excluding hydrogens is 214 g/mol. The Morgan fingerprint density at radius 2 is 1.75 bits per heavy atom. The normalized spacial score (nSPS) is 21.0. The minimum Gasteiger partial charge on any atom is -0.306 e. The third-order valence-corrected chi connectivity index (χ3v) is 4.67. The maximum atomic E-state index is 4.64. The first-order valence-electron chi connectivity index (χ1n) is 7.02. The molecule has 0 heterocycles. The molecular formula is C14H29NS. The molecule has 0 aromatic rings. The number of rotatable bonds is 6. The van der Waals surface area contributed by atoms with Crippen molar-refractivity contribution in [3.05, 3.63) is 0 Å². The highest BCUT2D eigenvalue weighted by Gasteiger charge is 2.30. The van der Waals surface area contributed by atoms with Crippen LogP contribution < -0.4 is 0 Å². The predicted molar refractivity (Wildman–Crippen MR) is 76.4 cm³/mol. The first-order valence-corrected chi connectivity index (χ1v) is 7.65. The zero-order valence-corrected chi connectivity index (χ0v) is 12.1. The summed E-state index contributed by atoms with van der Waals surface area (Å²) >= 11 is 4.64. The van der Waals surface area contributed by atoms with Crippen molar-refractivity contribution in [1.82, 2.24) is 4.90 Å². The highest BCUT2D eigenvalue weighted by Crippen LogP contribution is 2.36. The van der Waals surface area contributed by atoms with Gasteiger partial charge < -0.3 is 4.90 Å². The molecule has 0 saturated heterocycles. The number of unbranched alkanes of at least 4 members (excludes halogenated alkanes) is 1. The quantitative estimate of drug-likeness (QED) is 0.545. The van der Waals surface area contributed by atoms with Crippen molar-refractivity contribution in [2.75, 3.05) is 25.9 Å². The molecule has 0 aromatic carbocycles. The van der Waals surface area contributed by atoms with E-state index in [0.29, 0.717) is 5.41 Å². The molecule has 2 heteroatoms. The molecule has 16 heavy (non-hydrogen) atoms. The van der Waals surface area contributed by atoms with Gasteiger partial charge in [0, 0.05) is 6.54 Å². The molecule has 1 saturated carbocycles. The van der Waals surface area contributed by atoms with Crippen molar-refractivity contribution in [2.24, 2.45) is 5.41 Å². The SMILES string of the molecule is CCCCN(C)CC1(CS)CCCCCC1. The Morgan fingerprint density at radius 1 is 1.12 bits per heavy atom. The smallest absolute Gasteiger partial charge is 0.00427 e. The summed E-state index contributed by atoms with van der Waals surface area (Å²) in [5.41, 5.74) is 0.516. The Bertz CT molecular complexity index is 174. The van der Waals surface area contributed by atoms with E-state index in [1.165, 1.54) is 64.5 Å². The summed E-state index contributed by atoms with van der Waals surface area (Å²) in [6.45, 7) is 4.79. The maximum Gasteiger partial charge on any atom is 0.00427 e. The third kappa shape index (κ3) is 4.67. The van der Waals surface area contributed by atoms with E-state index in [2.05, 4.69) is 31.5 Å². The van der Waals surface area contributed by atoms with Crippen molar-refractivity contribution in [1.29, 1.82) is 0 Å². The molecule has 0 bridgehead atoms. The van der Waals surface area contributed by atoms with Gasteiger partial charge in [-0.3, -0.25) is 0 Å². The molecule has 0 aromatic heterocycles. The first-order chi connectivity index (χ1) is 7.72. The summed E-state index contributed by atoms with van der Waals surface area (Å²) in [4.78, 5) is 2.53. The highest BCUT2D eigenvalue weighted by molar-refractivity contribution is 7.80. The van der Waals surface area contributed by atoms with Crippen LogP contribution in [0.4, 0.5) is 0 Å². The Labute approximate surface area is 107 Å². The van der Waals surface area contributed by atoms with E-state index in [1.54, 1.807) is 0 Å². The second-order valence-electron chi connectivity index (χ2n) is 5.66. The van der Waals surface area contributed by atoms with Gasteiger partial charge in [-0.1, -0.05) is 39.0 Å². The van der Waals surface area contributed by atoms with Gasteiger partial charge in [-0.25, -0.2) is 0 Å². The van der Waals surface area contributed by atoms with E-state index < -0.39 is 0 Å². The second kappa shape index (κ2) is 7.60. The maximum absolute atomic E-state index is 4.64. The highest BCUT2D eigenvalue weighted by atomic mass is 32.1. The molecule has 0 N–H and O–H groups in total. The number of hydrogen-bond donors (Lipinski definition) is 1. The summed E-state index contributed by atoms with van der Waals surface area (Å²) in [6, 6.07) is 0. The Morgan fingerprint density at radius 3 is 2.25 bits per heavy atom. The number of hydrogen-bond acceptors (Lipinski definition) is 2. The molecule has 0 aliphatic heterocycles. The van der Waals surface area contributed by atoms with Crippen LogP contribution in [0.5, 0.6) is 0 Å². The van der Waals surface area contributed by atoms with Crippen molar-refractivity contribution in [2.45, 2.75) is 58.3 Å². The van der Waals surface area contributed by atoms with Crippen LogP contribution in [0.3, 0.4) is 0 Å². The van der Waals surface area contributed by atoms with Crippen LogP contribution in [-0.2, 0) is 0 Å². The lowest BCUT2D eigenvalue weighted by molar-refractivity contribution is 0.173. The lowest BCUT2D eigenvalue weighted by Crippen LogP contribution is -2.37. The Kier molecular flexibility index (Phi) is 6.83. The average molecular weight is 243 g/mol. The zero-order valence-electron chi connectivity index (χ0n) is 11.2. The van der Waals surface area contributed by atoms with E-state index in [4.69, 9.17) is 0 Å². The topological polar surface area (TPSA) is 3.24 Å². The Balaban J connectivity index is 2.43. The van der Waals surface area contributed by atoms with Crippen LogP contribution in [0.2, 0.25) is 0 Å². The van der Waals surface area contributed by atoms with Gasteiger partial charge in [0.05, 0.1) is 0 Å². The minimum atomic E-state index is 0.516. The summed E-state index contributed by atoms with van der Waals surface area (Å²) in [5.74, 6) is 1.07. The van der Waals surface area contributed by atoms with E-state index in [0.717, 1.165) is 5.75 Å². The summed E-state index contributed by atoms with van der Waals surface area (Å²) in [6.07, 6.45) is 11.1. The largest absolute Gasteiger partial charge is 0.306 e. The molecule has 1 aliphatic carbocycles. The van der Waals surface area contributed by atoms with Crippen molar-refractivity contribution in [3.63, 3.8) is 0 Å². The lowest BCUT2D eigenvalue weighted by atomic mass is 9.81. The summed E-state index contributed by atoms with van der Waals surface area (Å²) < 4.78 is 0. The predicted octanol–water partition coefficient (Wildman–Crippen LogP) is 3.99. The van der Waals surface area contributed by atoms with Gasteiger partial charge in [-0.2, -0.15) is 12.6 Å². The van der Waals surface area contributed by atoms with E-state index in [9.17, 15) is 0 Å². The minimum absolute atomic E-state index is 0.516. The van der Waals surface area contributed by atoms with Gasteiger partial charge in [0.1, 0.15) is 0 Å². The van der Waals surface area contributed by atoms with Crippen LogP contribution in [0.1, 0.15) is 58.3 Å². The molecule has 0 radical (unpaired) electrons. The fourth-order valence-electron chi connectivity index (χ4n) is 2.92. The van der Waals surface area contributed by atoms with E-state index >= 15 is 0 Å². The lowest BCUT2D eigenvalue weighted by Gasteiger charge is -2.35. The van der Waals surface area contributed by atoms with Gasteiger partial charge in [0.2, 0.25) is 0 Å². The molecule has 0 amide bonds. The van der Waals surface area contributed by atoms with Gasteiger partial charge in [0.15, 0.2) is 0 Å². The van der Waals surface area contributed by atoms with Crippen LogP contribution in [0.25, 0.3) is 0 Å². The van der Waals surface area contributed by atoms with Crippen molar-refractivity contribution >= 4 is 12.6 Å². The monoisotopic (exact) mass is 243 g/mol. The average Bonchev–Trinajstić information content (AvgIpc) is 2.52. The number of nitrogens with zero attached hydrogens (tertiary/aromatic N) is 1. The first kappa shape index (κ1) is 14.4. The van der Waals surface area contributed by atoms with Crippen LogP contribution >= 0.6 is 12.6 Å². The Hall–Kier alpha value is 0.310. The number of thiol groups is 1. The molecule has 0 atom stereocenters. The van der Waals surface area contributed by atoms with Crippen LogP contribution in [0, 0.1) is 5.41 Å². The molecule has 96 valence electrons. The molecule has 1 fully saturated rings. The third-order valence-electron chi connectivity index (χ3n) is 4.00. The molecule has 1 rings (SSSR count). The molecule has 1 aliphatic rings. The fourth-order valence-corrected chi connectivity index (χ4v) is 3.34. The molecule has 0 spiro atoms. The van der Waals surface area contributed by atoms with Crippen molar-refractivity contribution in [3.8, 4) is 0 Å². The second-order valence-corrected chi connectivity index (χ2v) is 5.98. The van der Waals surface area contributed by atoms with Gasteiger partial charge in [0.25, 0.3) is 0 Å². The van der Waals surface area contributed by atoms with Gasteiger partial charge in [-0.15, -0.1) is 0 Å². The summed E-state index contributed by atoms with van der Waals surface area (Å²) in [7, 11) is 2.28.